The highest BCUT2D eigenvalue weighted by Crippen LogP contribution is 2.26. The lowest BCUT2D eigenvalue weighted by atomic mass is 9.97. The molecule has 0 unspecified atom stereocenters. The highest BCUT2D eigenvalue weighted by atomic mass is 32.2. The van der Waals surface area contributed by atoms with Crippen molar-refractivity contribution in [3.8, 4) is 11.1 Å². The van der Waals surface area contributed by atoms with E-state index in [1.807, 2.05) is 36.4 Å². The van der Waals surface area contributed by atoms with E-state index in [0.29, 0.717) is 0 Å². The minimum absolute atomic E-state index is 0.177. The van der Waals surface area contributed by atoms with E-state index >= 15 is 0 Å². The second kappa shape index (κ2) is 5.55. The van der Waals surface area contributed by atoms with Crippen molar-refractivity contribution in [2.45, 2.75) is 24.7 Å². The van der Waals surface area contributed by atoms with Gasteiger partial charge in [-0.3, -0.25) is 0 Å². The summed E-state index contributed by atoms with van der Waals surface area (Å²) in [4.78, 5) is 0.177. The Kier molecular flexibility index (Phi) is 4.02. The summed E-state index contributed by atoms with van der Waals surface area (Å²) in [6.07, 6.45) is 1.78. The van der Waals surface area contributed by atoms with Crippen LogP contribution in [0.5, 0.6) is 0 Å². The van der Waals surface area contributed by atoms with Crippen LogP contribution in [0, 0.1) is 0 Å². The molecule has 0 heterocycles. The number of hydrogen-bond donors (Lipinski definition) is 1. The first-order valence-electron chi connectivity index (χ1n) is 6.23. The second-order valence-corrected chi connectivity index (χ2v) is 6.04. The van der Waals surface area contributed by atoms with Gasteiger partial charge in [-0.1, -0.05) is 49.7 Å². The van der Waals surface area contributed by atoms with Crippen molar-refractivity contribution >= 4 is 10.0 Å². The van der Waals surface area contributed by atoms with Crippen LogP contribution in [0.1, 0.15) is 18.9 Å². The molecular weight excluding hydrogens is 258 g/mol. The molecular formula is C15H17NO2S. The van der Waals surface area contributed by atoms with Gasteiger partial charge < -0.3 is 0 Å². The van der Waals surface area contributed by atoms with Gasteiger partial charge in [-0.05, 0) is 35.2 Å². The Morgan fingerprint density at radius 2 is 1.74 bits per heavy atom. The number of sulfonamides is 1. The van der Waals surface area contributed by atoms with Crippen molar-refractivity contribution in [1.29, 1.82) is 0 Å². The van der Waals surface area contributed by atoms with E-state index in [9.17, 15) is 8.42 Å². The summed E-state index contributed by atoms with van der Waals surface area (Å²) in [7, 11) is -3.64. The topological polar surface area (TPSA) is 60.2 Å². The maximum atomic E-state index is 11.4. The van der Waals surface area contributed by atoms with Crippen LogP contribution in [0.25, 0.3) is 11.1 Å². The molecule has 0 fully saturated rings. The van der Waals surface area contributed by atoms with Gasteiger partial charge in [-0.2, -0.15) is 0 Å². The molecule has 2 N–H and O–H groups in total. The van der Waals surface area contributed by atoms with Crippen LogP contribution in [-0.4, -0.2) is 8.42 Å². The van der Waals surface area contributed by atoms with Crippen LogP contribution < -0.4 is 5.14 Å². The molecule has 0 radical (unpaired) electrons. The van der Waals surface area contributed by atoms with Gasteiger partial charge in [0.05, 0.1) is 4.90 Å². The molecule has 0 amide bonds. The van der Waals surface area contributed by atoms with Gasteiger partial charge in [0.25, 0.3) is 0 Å². The Labute approximate surface area is 114 Å². The first-order valence-corrected chi connectivity index (χ1v) is 7.78. The van der Waals surface area contributed by atoms with Gasteiger partial charge in [0.1, 0.15) is 0 Å². The summed E-state index contributed by atoms with van der Waals surface area (Å²) in [6.45, 7) is 2.07. The summed E-state index contributed by atoms with van der Waals surface area (Å²) >= 11 is 0. The van der Waals surface area contributed by atoms with Crippen LogP contribution in [-0.2, 0) is 16.4 Å². The number of primary sulfonamides is 1. The monoisotopic (exact) mass is 275 g/mol. The molecule has 0 aliphatic carbocycles. The van der Waals surface area contributed by atoms with Crippen molar-refractivity contribution in [3.05, 3.63) is 54.1 Å². The van der Waals surface area contributed by atoms with Crippen LogP contribution in [0.4, 0.5) is 0 Å². The molecule has 0 aromatic heterocycles. The van der Waals surface area contributed by atoms with E-state index in [4.69, 9.17) is 5.14 Å². The van der Waals surface area contributed by atoms with E-state index < -0.39 is 10.0 Å². The lowest BCUT2D eigenvalue weighted by Gasteiger charge is -2.11. The number of aryl methyl sites for hydroxylation is 1. The van der Waals surface area contributed by atoms with Crippen molar-refractivity contribution in [1.82, 2.24) is 0 Å². The van der Waals surface area contributed by atoms with Crippen molar-refractivity contribution in [3.63, 3.8) is 0 Å². The standard InChI is InChI=1S/C15H17NO2S/c1-2-6-13-11-14(19(16,17)18)9-10-15(13)12-7-4-3-5-8-12/h3-5,7-11H,2,6H2,1H3,(H2,16,17,18). The predicted octanol–water partition coefficient (Wildman–Crippen LogP) is 2.95. The van der Waals surface area contributed by atoms with Gasteiger partial charge in [-0.15, -0.1) is 0 Å². The Morgan fingerprint density at radius 3 is 2.32 bits per heavy atom. The Bertz CT molecular complexity index is 664. The molecule has 0 atom stereocenters. The van der Waals surface area contributed by atoms with Gasteiger partial charge in [0.2, 0.25) is 10.0 Å². The molecule has 4 heteroatoms. The molecule has 0 saturated heterocycles. The zero-order chi connectivity index (χ0) is 13.9. The fourth-order valence-corrected chi connectivity index (χ4v) is 2.69. The van der Waals surface area contributed by atoms with Gasteiger partial charge >= 0.3 is 0 Å². The molecule has 100 valence electrons. The number of hydrogen-bond acceptors (Lipinski definition) is 2. The summed E-state index contributed by atoms with van der Waals surface area (Å²) < 4.78 is 22.8. The predicted molar refractivity (Wildman–Crippen MR) is 77.2 cm³/mol. The van der Waals surface area contributed by atoms with Crippen LogP contribution in [0.15, 0.2) is 53.4 Å². The summed E-state index contributed by atoms with van der Waals surface area (Å²) in [5.74, 6) is 0. The lowest BCUT2D eigenvalue weighted by molar-refractivity contribution is 0.597. The van der Waals surface area contributed by atoms with Gasteiger partial charge in [0, 0.05) is 0 Å². The molecule has 19 heavy (non-hydrogen) atoms. The third-order valence-electron chi connectivity index (χ3n) is 3.01. The second-order valence-electron chi connectivity index (χ2n) is 4.48. The van der Waals surface area contributed by atoms with E-state index in [-0.39, 0.29) is 4.90 Å². The average molecular weight is 275 g/mol. The summed E-state index contributed by atoms with van der Waals surface area (Å²) in [6, 6.07) is 15.0. The molecule has 0 saturated carbocycles. The van der Waals surface area contributed by atoms with E-state index in [1.54, 1.807) is 12.1 Å². The summed E-state index contributed by atoms with van der Waals surface area (Å²) in [5, 5.41) is 5.18. The molecule has 2 aromatic carbocycles. The normalized spacial score (nSPS) is 11.5. The maximum Gasteiger partial charge on any atom is 0.238 e. The third kappa shape index (κ3) is 3.22. The third-order valence-corrected chi connectivity index (χ3v) is 3.92. The minimum atomic E-state index is -3.64. The number of nitrogens with two attached hydrogens (primary N) is 1. The van der Waals surface area contributed by atoms with Crippen molar-refractivity contribution in [2.75, 3.05) is 0 Å². The van der Waals surface area contributed by atoms with Gasteiger partial charge in [-0.25, -0.2) is 13.6 Å². The van der Waals surface area contributed by atoms with Crippen molar-refractivity contribution < 1.29 is 8.42 Å². The van der Waals surface area contributed by atoms with E-state index in [2.05, 4.69) is 6.92 Å². The van der Waals surface area contributed by atoms with Crippen LogP contribution >= 0.6 is 0 Å². The van der Waals surface area contributed by atoms with Crippen LogP contribution in [0.2, 0.25) is 0 Å². The van der Waals surface area contributed by atoms with E-state index in [1.165, 1.54) is 0 Å². The molecule has 0 bridgehead atoms. The van der Waals surface area contributed by atoms with Crippen LogP contribution in [0.3, 0.4) is 0 Å². The zero-order valence-electron chi connectivity index (χ0n) is 10.8. The Morgan fingerprint density at radius 1 is 1.05 bits per heavy atom. The van der Waals surface area contributed by atoms with Crippen molar-refractivity contribution in [2.24, 2.45) is 5.14 Å². The summed E-state index contributed by atoms with van der Waals surface area (Å²) in [5.41, 5.74) is 3.17. The first kappa shape index (κ1) is 13.8. The zero-order valence-corrected chi connectivity index (χ0v) is 11.7. The first-order chi connectivity index (χ1) is 9.02. The lowest BCUT2D eigenvalue weighted by Crippen LogP contribution is -2.12. The minimum Gasteiger partial charge on any atom is -0.225 e. The Balaban J connectivity index is 2.56. The highest BCUT2D eigenvalue weighted by molar-refractivity contribution is 7.89. The fraction of sp³-hybridized carbons (Fsp3) is 0.200. The average Bonchev–Trinajstić information content (AvgIpc) is 2.39. The number of benzene rings is 2. The molecule has 2 rings (SSSR count). The Hall–Kier alpha value is -1.65. The number of rotatable bonds is 4. The molecule has 3 nitrogen and oxygen atoms in total. The quantitative estimate of drug-likeness (QED) is 0.932. The SMILES string of the molecule is CCCc1cc(S(N)(=O)=O)ccc1-c1ccccc1. The van der Waals surface area contributed by atoms with E-state index in [0.717, 1.165) is 29.5 Å². The molecule has 2 aromatic rings. The fourth-order valence-electron chi connectivity index (χ4n) is 2.12. The molecule has 0 spiro atoms. The van der Waals surface area contributed by atoms with Gasteiger partial charge in [0.15, 0.2) is 0 Å². The molecule has 0 aliphatic heterocycles. The largest absolute Gasteiger partial charge is 0.238 e. The maximum absolute atomic E-state index is 11.4. The smallest absolute Gasteiger partial charge is 0.225 e. The molecule has 0 aliphatic rings. The highest BCUT2D eigenvalue weighted by Gasteiger charge is 2.12.